The second-order valence-corrected chi connectivity index (χ2v) is 9.00. The number of benzene rings is 1. The van der Waals surface area contributed by atoms with Gasteiger partial charge in [0.2, 0.25) is 5.91 Å². The number of rotatable bonds is 4. The van der Waals surface area contributed by atoms with E-state index in [1.165, 1.54) is 10.5 Å². The monoisotopic (exact) mass is 337 g/mol. The maximum atomic E-state index is 12.4. The van der Waals surface area contributed by atoms with E-state index in [0.29, 0.717) is 12.8 Å². The van der Waals surface area contributed by atoms with Gasteiger partial charge in [-0.1, -0.05) is 30.3 Å². The lowest BCUT2D eigenvalue weighted by Crippen LogP contribution is -3.13. The Morgan fingerprint density at radius 3 is 2.48 bits per heavy atom. The summed E-state index contributed by atoms with van der Waals surface area (Å²) in [6, 6.07) is 10.4. The standard InChI is InChI=1S/C17H24N2O3S/c20-17(12-16-6-11-23(21,22)14-16)19-9-7-18(8-10-19)13-15-4-2-1-3-5-15/h1-5,16H,6-14H2/p+1/t16-/m0/s1. The molecule has 2 fully saturated rings. The lowest BCUT2D eigenvalue weighted by atomic mass is 10.0. The minimum Gasteiger partial charge on any atom is -0.331 e. The Labute approximate surface area is 138 Å². The molecule has 0 aliphatic carbocycles. The molecule has 0 radical (unpaired) electrons. The van der Waals surface area contributed by atoms with Gasteiger partial charge in [0.25, 0.3) is 0 Å². The van der Waals surface area contributed by atoms with Crippen molar-refractivity contribution in [3.05, 3.63) is 35.9 Å². The van der Waals surface area contributed by atoms with Gasteiger partial charge in [0, 0.05) is 12.0 Å². The molecule has 1 N–H and O–H groups in total. The van der Waals surface area contributed by atoms with E-state index < -0.39 is 9.84 Å². The van der Waals surface area contributed by atoms with E-state index >= 15 is 0 Å². The molecule has 3 rings (SSSR count). The molecule has 0 aromatic heterocycles. The van der Waals surface area contributed by atoms with E-state index in [2.05, 4.69) is 24.3 Å². The summed E-state index contributed by atoms with van der Waals surface area (Å²) in [5.74, 6) is 0.603. The Morgan fingerprint density at radius 1 is 1.17 bits per heavy atom. The zero-order valence-electron chi connectivity index (χ0n) is 13.4. The third kappa shape index (κ3) is 4.54. The highest BCUT2D eigenvalue weighted by atomic mass is 32.2. The van der Waals surface area contributed by atoms with Crippen molar-refractivity contribution in [3.63, 3.8) is 0 Å². The van der Waals surface area contributed by atoms with Crippen LogP contribution in [0.2, 0.25) is 0 Å². The molecule has 23 heavy (non-hydrogen) atoms. The summed E-state index contributed by atoms with van der Waals surface area (Å²) in [7, 11) is -2.89. The van der Waals surface area contributed by atoms with Crippen LogP contribution in [-0.4, -0.2) is 56.9 Å². The van der Waals surface area contributed by atoms with Gasteiger partial charge in [-0.2, -0.15) is 0 Å². The zero-order valence-corrected chi connectivity index (χ0v) is 14.2. The molecular weight excluding hydrogens is 312 g/mol. The molecule has 0 spiro atoms. The Morgan fingerprint density at radius 2 is 1.87 bits per heavy atom. The highest BCUT2D eigenvalue weighted by Crippen LogP contribution is 2.22. The quantitative estimate of drug-likeness (QED) is 0.823. The Balaban J connectivity index is 1.44. The zero-order chi connectivity index (χ0) is 16.3. The van der Waals surface area contributed by atoms with Gasteiger partial charge < -0.3 is 9.80 Å². The van der Waals surface area contributed by atoms with E-state index in [1.807, 2.05) is 11.0 Å². The summed E-state index contributed by atoms with van der Waals surface area (Å²) in [5, 5.41) is 0. The highest BCUT2D eigenvalue weighted by molar-refractivity contribution is 7.91. The van der Waals surface area contributed by atoms with Crippen LogP contribution in [0, 0.1) is 5.92 Å². The van der Waals surface area contributed by atoms with Gasteiger partial charge in [0.1, 0.15) is 6.54 Å². The van der Waals surface area contributed by atoms with Crippen molar-refractivity contribution in [2.24, 2.45) is 5.92 Å². The Hall–Kier alpha value is -1.40. The van der Waals surface area contributed by atoms with Gasteiger partial charge in [-0.3, -0.25) is 4.79 Å². The minimum absolute atomic E-state index is 0.0298. The van der Waals surface area contributed by atoms with Crippen molar-refractivity contribution in [2.75, 3.05) is 37.7 Å². The van der Waals surface area contributed by atoms with E-state index in [0.717, 1.165) is 32.7 Å². The number of sulfone groups is 1. The minimum atomic E-state index is -2.89. The summed E-state index contributed by atoms with van der Waals surface area (Å²) in [4.78, 5) is 15.8. The summed E-state index contributed by atoms with van der Waals surface area (Å²) in [6.45, 7) is 4.48. The fourth-order valence-corrected chi connectivity index (χ4v) is 5.40. The third-order valence-electron chi connectivity index (χ3n) is 4.91. The summed E-state index contributed by atoms with van der Waals surface area (Å²) in [6.07, 6.45) is 1.04. The first-order valence-electron chi connectivity index (χ1n) is 8.37. The van der Waals surface area contributed by atoms with Crippen LogP contribution in [0.5, 0.6) is 0 Å². The first-order valence-corrected chi connectivity index (χ1v) is 10.2. The first kappa shape index (κ1) is 16.5. The maximum Gasteiger partial charge on any atom is 0.223 e. The first-order chi connectivity index (χ1) is 11.0. The number of piperazine rings is 1. The van der Waals surface area contributed by atoms with E-state index in [9.17, 15) is 13.2 Å². The second-order valence-electron chi connectivity index (χ2n) is 6.77. The van der Waals surface area contributed by atoms with Crippen LogP contribution in [-0.2, 0) is 21.2 Å². The topological polar surface area (TPSA) is 58.9 Å². The van der Waals surface area contributed by atoms with Crippen LogP contribution >= 0.6 is 0 Å². The van der Waals surface area contributed by atoms with E-state index in [1.54, 1.807) is 0 Å². The van der Waals surface area contributed by atoms with Crippen LogP contribution in [0.1, 0.15) is 18.4 Å². The molecule has 2 aliphatic rings. The van der Waals surface area contributed by atoms with Crippen molar-refractivity contribution in [3.8, 4) is 0 Å². The molecule has 0 bridgehead atoms. The van der Waals surface area contributed by atoms with E-state index in [4.69, 9.17) is 0 Å². The maximum absolute atomic E-state index is 12.4. The summed E-state index contributed by atoms with van der Waals surface area (Å²) in [5.41, 5.74) is 1.33. The number of carbonyl (C=O) groups is 1. The smallest absolute Gasteiger partial charge is 0.223 e. The Bertz CT molecular complexity index is 637. The van der Waals surface area contributed by atoms with Crippen molar-refractivity contribution in [2.45, 2.75) is 19.4 Å². The van der Waals surface area contributed by atoms with Crippen LogP contribution in [0.3, 0.4) is 0 Å². The molecule has 2 saturated heterocycles. The lowest BCUT2D eigenvalue weighted by molar-refractivity contribution is -0.917. The fraction of sp³-hybridized carbons (Fsp3) is 0.588. The Kier molecular flexibility index (Phi) is 5.02. The van der Waals surface area contributed by atoms with Gasteiger partial charge in [-0.25, -0.2) is 8.42 Å². The van der Waals surface area contributed by atoms with Crippen molar-refractivity contribution in [1.82, 2.24) is 4.90 Å². The van der Waals surface area contributed by atoms with Crippen molar-refractivity contribution in [1.29, 1.82) is 0 Å². The molecular formula is C17H25N2O3S+. The fourth-order valence-electron chi connectivity index (χ4n) is 3.54. The van der Waals surface area contributed by atoms with Crippen LogP contribution < -0.4 is 4.90 Å². The molecule has 1 amide bonds. The number of nitrogens with zero attached hydrogens (tertiary/aromatic N) is 1. The number of hydrogen-bond acceptors (Lipinski definition) is 3. The summed E-state index contributed by atoms with van der Waals surface area (Å²) >= 11 is 0. The van der Waals surface area contributed by atoms with Gasteiger partial charge >= 0.3 is 0 Å². The van der Waals surface area contributed by atoms with Gasteiger partial charge in [0.15, 0.2) is 9.84 Å². The van der Waals surface area contributed by atoms with Crippen LogP contribution in [0.15, 0.2) is 30.3 Å². The molecule has 6 heteroatoms. The number of amides is 1. The molecule has 126 valence electrons. The predicted octanol–water partition coefficient (Wildman–Crippen LogP) is -0.261. The SMILES string of the molecule is O=C(C[C@@H]1CCS(=O)(=O)C1)N1CC[NH+](Cc2ccccc2)CC1. The largest absolute Gasteiger partial charge is 0.331 e. The highest BCUT2D eigenvalue weighted by Gasteiger charge is 2.32. The molecule has 1 aromatic carbocycles. The molecule has 1 atom stereocenters. The normalized spacial score (nSPS) is 24.7. The molecule has 2 aliphatic heterocycles. The summed E-state index contributed by atoms with van der Waals surface area (Å²) < 4.78 is 23.0. The number of hydrogen-bond donors (Lipinski definition) is 1. The number of quaternary nitrogens is 1. The molecule has 0 saturated carbocycles. The van der Waals surface area contributed by atoms with Crippen molar-refractivity contribution < 1.29 is 18.1 Å². The lowest BCUT2D eigenvalue weighted by Gasteiger charge is -2.32. The molecule has 0 unspecified atom stereocenters. The van der Waals surface area contributed by atoms with E-state index in [-0.39, 0.29) is 23.3 Å². The average molecular weight is 337 g/mol. The van der Waals surface area contributed by atoms with Crippen LogP contribution in [0.4, 0.5) is 0 Å². The number of carbonyl (C=O) groups excluding carboxylic acids is 1. The van der Waals surface area contributed by atoms with Gasteiger partial charge in [0.05, 0.1) is 37.7 Å². The van der Waals surface area contributed by atoms with Crippen LogP contribution in [0.25, 0.3) is 0 Å². The predicted molar refractivity (Wildman–Crippen MR) is 88.8 cm³/mol. The molecule has 5 nitrogen and oxygen atoms in total. The second kappa shape index (κ2) is 7.01. The molecule has 2 heterocycles. The van der Waals surface area contributed by atoms with Gasteiger partial charge in [-0.15, -0.1) is 0 Å². The number of nitrogens with one attached hydrogen (secondary N) is 1. The third-order valence-corrected chi connectivity index (χ3v) is 6.75. The molecule has 1 aromatic rings. The van der Waals surface area contributed by atoms with Crippen molar-refractivity contribution >= 4 is 15.7 Å². The van der Waals surface area contributed by atoms with Gasteiger partial charge in [-0.05, 0) is 12.3 Å². The average Bonchev–Trinajstić information content (AvgIpc) is 2.88.